The number of carbonyl (C=O) groups excluding carboxylic acids is 2. The Morgan fingerprint density at radius 2 is 1.86 bits per heavy atom. The molecule has 1 heterocycles. The number of esters is 1. The molecule has 28 heavy (non-hydrogen) atoms. The molecular weight excluding hydrogens is 354 g/mol. The van der Waals surface area contributed by atoms with E-state index in [0.717, 1.165) is 11.1 Å². The van der Waals surface area contributed by atoms with Crippen molar-refractivity contribution in [1.29, 1.82) is 0 Å². The molecule has 0 bridgehead atoms. The normalized spacial score (nSPS) is 15.3. The molecule has 0 fully saturated rings. The molecule has 1 atom stereocenters. The van der Waals surface area contributed by atoms with Gasteiger partial charge in [0.1, 0.15) is 11.9 Å². The van der Waals surface area contributed by atoms with E-state index in [9.17, 15) is 9.59 Å². The molecule has 4 rings (SSSR count). The fraction of sp³-hybridized carbons (Fsp3) is 0.130. The standard InChI is InChI=1S/C23H19NO4/c1-27-19-9-5-8-18(14-19)24-22(25)16-10-11-20-17(12-16)13-21(28-23(20)26)15-6-3-2-4-7-15/h2-12,14,21H,13H2,1H3,(H,24,25). The van der Waals surface area contributed by atoms with E-state index in [4.69, 9.17) is 9.47 Å². The van der Waals surface area contributed by atoms with Crippen molar-refractivity contribution in [2.75, 3.05) is 12.4 Å². The van der Waals surface area contributed by atoms with Crippen LogP contribution in [0.15, 0.2) is 72.8 Å². The Balaban J connectivity index is 1.57. The summed E-state index contributed by atoms with van der Waals surface area (Å²) >= 11 is 0. The summed E-state index contributed by atoms with van der Waals surface area (Å²) in [4.78, 5) is 25.0. The number of nitrogens with one attached hydrogen (secondary N) is 1. The van der Waals surface area contributed by atoms with Crippen molar-refractivity contribution in [3.8, 4) is 5.75 Å². The Labute approximate surface area is 162 Å². The molecule has 140 valence electrons. The van der Waals surface area contributed by atoms with Crippen molar-refractivity contribution in [2.24, 2.45) is 0 Å². The summed E-state index contributed by atoms with van der Waals surface area (Å²) in [6.07, 6.45) is 0.184. The molecule has 0 aromatic heterocycles. The number of fused-ring (bicyclic) bond motifs is 1. The van der Waals surface area contributed by atoms with E-state index < -0.39 is 0 Å². The molecule has 0 aliphatic carbocycles. The van der Waals surface area contributed by atoms with Crippen molar-refractivity contribution in [3.05, 3.63) is 95.1 Å². The zero-order chi connectivity index (χ0) is 19.5. The number of anilines is 1. The maximum atomic E-state index is 12.7. The smallest absolute Gasteiger partial charge is 0.339 e. The van der Waals surface area contributed by atoms with Gasteiger partial charge >= 0.3 is 5.97 Å². The Kier molecular flexibility index (Phi) is 4.81. The summed E-state index contributed by atoms with van der Waals surface area (Å²) < 4.78 is 10.7. The molecule has 5 nitrogen and oxygen atoms in total. The molecule has 1 aliphatic rings. The maximum absolute atomic E-state index is 12.7. The van der Waals surface area contributed by atoms with Crippen LogP contribution in [0.4, 0.5) is 5.69 Å². The van der Waals surface area contributed by atoms with Crippen molar-refractivity contribution < 1.29 is 19.1 Å². The van der Waals surface area contributed by atoms with Crippen LogP contribution in [0.5, 0.6) is 5.75 Å². The first-order valence-corrected chi connectivity index (χ1v) is 8.98. The van der Waals surface area contributed by atoms with Crippen LogP contribution in [0.3, 0.4) is 0 Å². The molecule has 1 aliphatic heterocycles. The third-order valence-corrected chi connectivity index (χ3v) is 4.74. The number of ether oxygens (including phenoxy) is 2. The second-order valence-corrected chi connectivity index (χ2v) is 6.57. The van der Waals surface area contributed by atoms with E-state index in [1.165, 1.54) is 0 Å². The van der Waals surface area contributed by atoms with Crippen LogP contribution in [-0.4, -0.2) is 19.0 Å². The Hall–Kier alpha value is -3.60. The number of methoxy groups -OCH3 is 1. The summed E-state index contributed by atoms with van der Waals surface area (Å²) in [7, 11) is 1.58. The topological polar surface area (TPSA) is 64.6 Å². The number of rotatable bonds is 4. The van der Waals surface area contributed by atoms with Crippen LogP contribution in [0, 0.1) is 0 Å². The van der Waals surface area contributed by atoms with Crippen LogP contribution in [-0.2, 0) is 11.2 Å². The Bertz CT molecular complexity index is 1030. The van der Waals surface area contributed by atoms with Crippen molar-refractivity contribution in [3.63, 3.8) is 0 Å². The summed E-state index contributed by atoms with van der Waals surface area (Å²) in [5, 5.41) is 2.86. The largest absolute Gasteiger partial charge is 0.497 e. The van der Waals surface area contributed by atoms with Crippen molar-refractivity contribution in [1.82, 2.24) is 0 Å². The molecule has 0 spiro atoms. The number of benzene rings is 3. The molecule has 5 heteroatoms. The van der Waals surface area contributed by atoms with Gasteiger partial charge < -0.3 is 14.8 Å². The molecule has 0 saturated heterocycles. The monoisotopic (exact) mass is 373 g/mol. The highest BCUT2D eigenvalue weighted by Crippen LogP contribution is 2.31. The molecule has 3 aromatic rings. The first kappa shape index (κ1) is 17.8. The lowest BCUT2D eigenvalue weighted by atomic mass is 9.93. The third-order valence-electron chi connectivity index (χ3n) is 4.74. The molecule has 1 unspecified atom stereocenters. The average molecular weight is 373 g/mol. The van der Waals surface area contributed by atoms with E-state index in [1.54, 1.807) is 37.4 Å². The van der Waals surface area contributed by atoms with Crippen LogP contribution in [0.25, 0.3) is 0 Å². The number of hydrogen-bond donors (Lipinski definition) is 1. The fourth-order valence-electron chi connectivity index (χ4n) is 3.29. The van der Waals surface area contributed by atoms with Gasteiger partial charge in [-0.3, -0.25) is 4.79 Å². The van der Waals surface area contributed by atoms with Crippen LogP contribution in [0.2, 0.25) is 0 Å². The van der Waals surface area contributed by atoms with Gasteiger partial charge in [0.25, 0.3) is 5.91 Å². The van der Waals surface area contributed by atoms with E-state index in [-0.39, 0.29) is 18.0 Å². The van der Waals surface area contributed by atoms with Gasteiger partial charge in [0.15, 0.2) is 0 Å². The Morgan fingerprint density at radius 3 is 2.64 bits per heavy atom. The predicted molar refractivity (Wildman–Crippen MR) is 106 cm³/mol. The molecule has 3 aromatic carbocycles. The van der Waals surface area contributed by atoms with Crippen molar-refractivity contribution in [2.45, 2.75) is 12.5 Å². The molecule has 1 N–H and O–H groups in total. The lowest BCUT2D eigenvalue weighted by Gasteiger charge is -2.25. The van der Waals surface area contributed by atoms with Gasteiger partial charge in [-0.1, -0.05) is 36.4 Å². The number of cyclic esters (lactones) is 1. The van der Waals surface area contributed by atoms with Crippen LogP contribution >= 0.6 is 0 Å². The lowest BCUT2D eigenvalue weighted by molar-refractivity contribution is 0.0252. The maximum Gasteiger partial charge on any atom is 0.339 e. The highest BCUT2D eigenvalue weighted by atomic mass is 16.5. The lowest BCUT2D eigenvalue weighted by Crippen LogP contribution is -2.23. The third kappa shape index (κ3) is 3.60. The van der Waals surface area contributed by atoms with Gasteiger partial charge in [-0.15, -0.1) is 0 Å². The Morgan fingerprint density at radius 1 is 1.04 bits per heavy atom. The summed E-state index contributed by atoms with van der Waals surface area (Å²) in [6, 6.07) is 21.8. The summed E-state index contributed by atoms with van der Waals surface area (Å²) in [6.45, 7) is 0. The van der Waals surface area contributed by atoms with Gasteiger partial charge in [0.05, 0.1) is 12.7 Å². The van der Waals surface area contributed by atoms with Gasteiger partial charge in [0.2, 0.25) is 0 Å². The molecule has 1 amide bonds. The second-order valence-electron chi connectivity index (χ2n) is 6.57. The van der Waals surface area contributed by atoms with Gasteiger partial charge in [0, 0.05) is 23.7 Å². The van der Waals surface area contributed by atoms with E-state index in [2.05, 4.69) is 5.32 Å². The minimum atomic E-state index is -0.366. The zero-order valence-electron chi connectivity index (χ0n) is 15.3. The number of carbonyl (C=O) groups is 2. The van der Waals surface area contributed by atoms with Gasteiger partial charge in [-0.25, -0.2) is 4.79 Å². The SMILES string of the molecule is COc1cccc(NC(=O)c2ccc3c(c2)CC(c2ccccc2)OC3=O)c1. The summed E-state index contributed by atoms with van der Waals surface area (Å²) in [5.74, 6) is 0.0535. The number of amides is 1. The van der Waals surface area contributed by atoms with Gasteiger partial charge in [-0.2, -0.15) is 0 Å². The summed E-state index contributed by atoms with van der Waals surface area (Å²) in [5.41, 5.74) is 3.38. The fourth-order valence-corrected chi connectivity index (χ4v) is 3.29. The van der Waals surface area contributed by atoms with Crippen molar-refractivity contribution >= 4 is 17.6 Å². The van der Waals surface area contributed by atoms with Crippen LogP contribution in [0.1, 0.15) is 37.9 Å². The quantitative estimate of drug-likeness (QED) is 0.689. The zero-order valence-corrected chi connectivity index (χ0v) is 15.3. The average Bonchev–Trinajstić information content (AvgIpc) is 2.74. The van der Waals surface area contributed by atoms with E-state index in [1.807, 2.05) is 42.5 Å². The molecule has 0 saturated carbocycles. The first-order valence-electron chi connectivity index (χ1n) is 8.98. The second kappa shape index (κ2) is 7.56. The van der Waals surface area contributed by atoms with Gasteiger partial charge in [-0.05, 0) is 41.5 Å². The highest BCUT2D eigenvalue weighted by Gasteiger charge is 2.28. The molecular formula is C23H19NO4. The highest BCUT2D eigenvalue weighted by molar-refractivity contribution is 6.05. The van der Waals surface area contributed by atoms with Crippen LogP contribution < -0.4 is 10.1 Å². The predicted octanol–water partition coefficient (Wildman–Crippen LogP) is 4.40. The molecule has 0 radical (unpaired) electrons. The van der Waals surface area contributed by atoms with E-state index in [0.29, 0.717) is 29.0 Å². The number of hydrogen-bond acceptors (Lipinski definition) is 4. The minimum absolute atomic E-state index is 0.244. The minimum Gasteiger partial charge on any atom is -0.497 e. The first-order chi connectivity index (χ1) is 13.6. The van der Waals surface area contributed by atoms with E-state index >= 15 is 0 Å².